The first-order valence-electron chi connectivity index (χ1n) is 5.44. The molecule has 3 rings (SSSR count). The monoisotopic (exact) mass is 229 g/mol. The number of hydrogen-bond donors (Lipinski definition) is 0. The molecule has 0 N–H and O–H groups in total. The van der Waals surface area contributed by atoms with Gasteiger partial charge in [-0.05, 0) is 18.2 Å². The van der Waals surface area contributed by atoms with Gasteiger partial charge in [0, 0.05) is 24.8 Å². The van der Waals surface area contributed by atoms with E-state index in [0.29, 0.717) is 11.9 Å². The molecule has 3 nitrogen and oxygen atoms in total. The Morgan fingerprint density at radius 2 is 2.18 bits per heavy atom. The molecule has 0 aliphatic rings. The van der Waals surface area contributed by atoms with Crippen molar-refractivity contribution in [3.05, 3.63) is 54.5 Å². The van der Waals surface area contributed by atoms with Crippen molar-refractivity contribution < 1.29 is 4.39 Å². The molecule has 17 heavy (non-hydrogen) atoms. The van der Waals surface area contributed by atoms with Gasteiger partial charge in [0.1, 0.15) is 5.82 Å². The lowest BCUT2D eigenvalue weighted by Crippen LogP contribution is -2.02. The van der Waals surface area contributed by atoms with E-state index in [-0.39, 0.29) is 5.82 Å². The third-order valence-electron chi connectivity index (χ3n) is 3.01. The Bertz CT molecular complexity index is 666. The highest BCUT2D eigenvalue weighted by Gasteiger charge is 2.06. The zero-order valence-corrected chi connectivity index (χ0v) is 9.47. The molecule has 0 saturated carbocycles. The summed E-state index contributed by atoms with van der Waals surface area (Å²) in [6.07, 6.45) is 5.49. The Balaban J connectivity index is 2.07. The van der Waals surface area contributed by atoms with Crippen LogP contribution in [0.25, 0.3) is 10.9 Å². The van der Waals surface area contributed by atoms with E-state index in [4.69, 9.17) is 0 Å². The van der Waals surface area contributed by atoms with Crippen LogP contribution in [-0.4, -0.2) is 14.1 Å². The predicted octanol–water partition coefficient (Wildman–Crippen LogP) is 2.56. The minimum atomic E-state index is -0.175. The fraction of sp³-hybridized carbons (Fsp3) is 0.154. The van der Waals surface area contributed by atoms with Crippen molar-refractivity contribution in [2.45, 2.75) is 6.54 Å². The molecule has 3 aromatic rings. The van der Waals surface area contributed by atoms with E-state index in [1.807, 2.05) is 34.6 Å². The van der Waals surface area contributed by atoms with Crippen molar-refractivity contribution in [1.29, 1.82) is 0 Å². The van der Waals surface area contributed by atoms with Crippen molar-refractivity contribution >= 4 is 10.9 Å². The van der Waals surface area contributed by atoms with E-state index in [1.165, 1.54) is 6.07 Å². The number of benzene rings is 1. The molecule has 2 aromatic heterocycles. The lowest BCUT2D eigenvalue weighted by atomic mass is 10.2. The van der Waals surface area contributed by atoms with Gasteiger partial charge in [0.15, 0.2) is 0 Å². The number of nitrogens with zero attached hydrogens (tertiary/aromatic N) is 3. The van der Waals surface area contributed by atoms with Gasteiger partial charge in [-0.1, -0.05) is 6.07 Å². The van der Waals surface area contributed by atoms with Crippen molar-refractivity contribution in [1.82, 2.24) is 14.1 Å². The number of rotatable bonds is 2. The van der Waals surface area contributed by atoms with Crippen molar-refractivity contribution in [2.24, 2.45) is 7.05 Å². The Morgan fingerprint density at radius 1 is 1.29 bits per heavy atom. The fourth-order valence-corrected chi connectivity index (χ4v) is 2.04. The molecule has 0 aliphatic heterocycles. The second kappa shape index (κ2) is 3.73. The molecule has 0 amide bonds. The first-order valence-corrected chi connectivity index (χ1v) is 5.44. The Hall–Kier alpha value is -2.10. The quantitative estimate of drug-likeness (QED) is 0.662. The van der Waals surface area contributed by atoms with Crippen LogP contribution in [-0.2, 0) is 13.6 Å². The average molecular weight is 229 g/mol. The van der Waals surface area contributed by atoms with E-state index in [9.17, 15) is 4.39 Å². The average Bonchev–Trinajstić information content (AvgIpc) is 2.89. The van der Waals surface area contributed by atoms with Gasteiger partial charge in [0.25, 0.3) is 0 Å². The summed E-state index contributed by atoms with van der Waals surface area (Å²) >= 11 is 0. The van der Waals surface area contributed by atoms with Crippen LogP contribution in [0.15, 0.2) is 43.0 Å². The number of aryl methyl sites for hydroxylation is 1. The van der Waals surface area contributed by atoms with E-state index in [0.717, 1.165) is 11.2 Å². The van der Waals surface area contributed by atoms with Gasteiger partial charge in [0.2, 0.25) is 0 Å². The number of fused-ring (bicyclic) bond motifs is 1. The molecule has 1 aromatic carbocycles. The molecule has 0 fully saturated rings. The van der Waals surface area contributed by atoms with Gasteiger partial charge >= 0.3 is 0 Å². The van der Waals surface area contributed by atoms with Crippen molar-refractivity contribution in [3.8, 4) is 0 Å². The molecule has 0 radical (unpaired) electrons. The van der Waals surface area contributed by atoms with Crippen LogP contribution in [0.5, 0.6) is 0 Å². The number of imidazole rings is 1. The fourth-order valence-electron chi connectivity index (χ4n) is 2.04. The third-order valence-corrected chi connectivity index (χ3v) is 3.01. The first-order chi connectivity index (χ1) is 8.25. The smallest absolute Gasteiger partial charge is 0.132 e. The predicted molar refractivity (Wildman–Crippen MR) is 64.2 cm³/mol. The highest BCUT2D eigenvalue weighted by molar-refractivity contribution is 5.80. The summed E-state index contributed by atoms with van der Waals surface area (Å²) in [5.41, 5.74) is 2.00. The number of halogens is 1. The zero-order valence-electron chi connectivity index (χ0n) is 9.47. The third kappa shape index (κ3) is 1.62. The van der Waals surface area contributed by atoms with Crippen LogP contribution >= 0.6 is 0 Å². The van der Waals surface area contributed by atoms with E-state index in [2.05, 4.69) is 4.98 Å². The summed E-state index contributed by atoms with van der Waals surface area (Å²) in [5, 5.41) is 0.662. The number of hydrogen-bond acceptors (Lipinski definition) is 1. The lowest BCUT2D eigenvalue weighted by Gasteiger charge is -2.06. The zero-order chi connectivity index (χ0) is 11.8. The Morgan fingerprint density at radius 3 is 2.94 bits per heavy atom. The van der Waals surface area contributed by atoms with Gasteiger partial charge in [-0.15, -0.1) is 0 Å². The summed E-state index contributed by atoms with van der Waals surface area (Å²) in [5.74, 6) is -0.175. The normalized spacial score (nSPS) is 11.2. The van der Waals surface area contributed by atoms with Gasteiger partial charge in [-0.2, -0.15) is 0 Å². The van der Waals surface area contributed by atoms with Gasteiger partial charge in [0.05, 0.1) is 24.1 Å². The molecule has 2 heterocycles. The highest BCUT2D eigenvalue weighted by Crippen LogP contribution is 2.19. The van der Waals surface area contributed by atoms with Crippen molar-refractivity contribution in [2.75, 3.05) is 0 Å². The molecule has 0 bridgehead atoms. The topological polar surface area (TPSA) is 22.8 Å². The molecular weight excluding hydrogens is 217 g/mol. The van der Waals surface area contributed by atoms with Gasteiger partial charge in [-0.3, -0.25) is 0 Å². The summed E-state index contributed by atoms with van der Waals surface area (Å²) < 4.78 is 17.5. The standard InChI is InChI=1S/C13H12FN3/c1-16-9-15-7-10(16)8-17-6-5-11-12(14)3-2-4-13(11)17/h2-7,9H,8H2,1H3. The van der Waals surface area contributed by atoms with Crippen LogP contribution < -0.4 is 0 Å². The van der Waals surface area contributed by atoms with Gasteiger partial charge in [-0.25, -0.2) is 9.37 Å². The summed E-state index contributed by atoms with van der Waals surface area (Å²) in [6.45, 7) is 0.698. The minimum Gasteiger partial charge on any atom is -0.341 e. The maximum absolute atomic E-state index is 13.5. The van der Waals surface area contributed by atoms with Crippen LogP contribution in [0, 0.1) is 5.82 Å². The molecule has 4 heteroatoms. The molecule has 0 unspecified atom stereocenters. The van der Waals surface area contributed by atoms with Crippen molar-refractivity contribution in [3.63, 3.8) is 0 Å². The summed E-state index contributed by atoms with van der Waals surface area (Å²) in [6, 6.07) is 6.95. The summed E-state index contributed by atoms with van der Waals surface area (Å²) in [4.78, 5) is 4.08. The van der Waals surface area contributed by atoms with E-state index in [1.54, 1.807) is 18.5 Å². The maximum Gasteiger partial charge on any atom is 0.132 e. The van der Waals surface area contributed by atoms with Crippen LogP contribution in [0.1, 0.15) is 5.69 Å². The lowest BCUT2D eigenvalue weighted by molar-refractivity contribution is 0.639. The first kappa shape index (κ1) is 10.1. The minimum absolute atomic E-state index is 0.175. The molecule has 86 valence electrons. The SMILES string of the molecule is Cn1cncc1Cn1ccc2c(F)cccc21. The molecular formula is C13H12FN3. The maximum atomic E-state index is 13.5. The largest absolute Gasteiger partial charge is 0.341 e. The van der Waals surface area contributed by atoms with Gasteiger partial charge < -0.3 is 9.13 Å². The molecule has 0 aliphatic carbocycles. The van der Waals surface area contributed by atoms with Crippen LogP contribution in [0.3, 0.4) is 0 Å². The highest BCUT2D eigenvalue weighted by atomic mass is 19.1. The van der Waals surface area contributed by atoms with E-state index >= 15 is 0 Å². The number of aromatic nitrogens is 3. The second-order valence-electron chi connectivity index (χ2n) is 4.11. The van der Waals surface area contributed by atoms with Crippen LogP contribution in [0.2, 0.25) is 0 Å². The Kier molecular flexibility index (Phi) is 2.21. The Labute approximate surface area is 98.1 Å². The molecule has 0 atom stereocenters. The molecule has 0 spiro atoms. The second-order valence-corrected chi connectivity index (χ2v) is 4.11. The van der Waals surface area contributed by atoms with E-state index < -0.39 is 0 Å². The van der Waals surface area contributed by atoms with Crippen LogP contribution in [0.4, 0.5) is 4.39 Å². The summed E-state index contributed by atoms with van der Waals surface area (Å²) in [7, 11) is 1.95. The molecule has 0 saturated heterocycles.